The van der Waals surface area contributed by atoms with Crippen molar-refractivity contribution in [2.75, 3.05) is 19.8 Å². The molecule has 0 aromatic heterocycles. The third-order valence-corrected chi connectivity index (χ3v) is 4.43. The van der Waals surface area contributed by atoms with Gasteiger partial charge in [-0.2, -0.15) is 28.8 Å². The summed E-state index contributed by atoms with van der Waals surface area (Å²) < 4.78 is 83.8. The van der Waals surface area contributed by atoms with Gasteiger partial charge in [0.05, 0.1) is 25.7 Å². The van der Waals surface area contributed by atoms with E-state index in [1.165, 1.54) is 6.92 Å². The number of carbonyl (C=O) groups is 3. The van der Waals surface area contributed by atoms with Gasteiger partial charge in [0.25, 0.3) is 12.9 Å². The number of aliphatic hydroxyl groups excluding tert-OH is 1. The van der Waals surface area contributed by atoms with Crippen LogP contribution >= 0.6 is 0 Å². The molecule has 13 nitrogen and oxygen atoms in total. The van der Waals surface area contributed by atoms with Crippen molar-refractivity contribution < 1.29 is 88.8 Å². The number of alkyl halides is 6. The zero-order valence-corrected chi connectivity index (χ0v) is 28.1. The maximum Gasteiger partial charge on any atom is 0.373 e. The second-order valence-corrected chi connectivity index (χ2v) is 7.94. The number of esters is 3. The van der Waals surface area contributed by atoms with Crippen molar-refractivity contribution in [1.82, 2.24) is 0 Å². The van der Waals surface area contributed by atoms with Gasteiger partial charge < -0.3 is 19.3 Å². The predicted molar refractivity (Wildman–Crippen MR) is 158 cm³/mol. The molecule has 0 rings (SSSR count). The number of allylic oxidation sites excluding steroid dienone is 1. The lowest BCUT2D eigenvalue weighted by atomic mass is 9.92. The number of aliphatic hydroxyl groups is 1. The van der Waals surface area contributed by atoms with Crippen molar-refractivity contribution in [1.29, 1.82) is 0 Å². The molecule has 0 bridgehead atoms. The van der Waals surface area contributed by atoms with E-state index in [0.29, 0.717) is 25.5 Å². The second-order valence-electron chi connectivity index (χ2n) is 7.94. The van der Waals surface area contributed by atoms with Crippen LogP contribution in [-0.2, 0) is 57.4 Å². The highest BCUT2D eigenvalue weighted by molar-refractivity contribution is 5.88. The molecule has 49 heavy (non-hydrogen) atoms. The maximum atomic E-state index is 12.3. The van der Waals surface area contributed by atoms with Gasteiger partial charge in [-0.3, -0.25) is 9.59 Å². The lowest BCUT2D eigenvalue weighted by Gasteiger charge is -2.19. The van der Waals surface area contributed by atoms with Gasteiger partial charge in [0.15, 0.2) is 0 Å². The summed E-state index contributed by atoms with van der Waals surface area (Å²) in [6, 6.07) is 0. The minimum Gasteiger partial charge on any atom is -0.466 e. The number of carbonyl (C=O) groups excluding carboxylic acids is 9. The average molecular weight is 733 g/mol. The molecule has 19 heteroatoms. The monoisotopic (exact) mass is 732 g/mol. The summed E-state index contributed by atoms with van der Waals surface area (Å²) in [5.41, 5.74) is 0.0341. The molecule has 3 atom stereocenters. The Morgan fingerprint density at radius 3 is 1.29 bits per heavy atom. The molecule has 0 saturated heterocycles. The first-order valence-electron chi connectivity index (χ1n) is 14.1. The number of halogens is 6. The summed E-state index contributed by atoms with van der Waals surface area (Å²) in [7, 11) is 0. The highest BCUT2D eigenvalue weighted by Crippen LogP contribution is 2.23. The fraction of sp³-hybridized carbons (Fsp3) is 0.733. The molecule has 0 amide bonds. The molecule has 0 aliphatic carbocycles. The Labute approximate surface area is 282 Å². The van der Waals surface area contributed by atoms with Gasteiger partial charge in [0, 0.05) is 17.9 Å². The molecule has 0 fully saturated rings. The van der Waals surface area contributed by atoms with Crippen molar-refractivity contribution >= 4 is 36.4 Å². The van der Waals surface area contributed by atoms with E-state index in [-0.39, 0.29) is 57.1 Å². The van der Waals surface area contributed by atoms with Crippen molar-refractivity contribution in [3.05, 3.63) is 11.6 Å². The smallest absolute Gasteiger partial charge is 0.373 e. The fourth-order valence-electron chi connectivity index (χ4n) is 2.32. The molecule has 0 aliphatic heterocycles. The molecule has 0 aromatic carbocycles. The van der Waals surface area contributed by atoms with Gasteiger partial charge in [-0.1, -0.05) is 35.1 Å². The molecule has 0 aromatic rings. The SMILES string of the molecule is C.CC(O)C(F)F.CCCC(=O)OCC.CCOC(=O)/C(=C\C(F)F)CC.CCOC(=O)C(CC)C(C)C(F)F.O=C=O.O=C=O.O=C=O. The van der Waals surface area contributed by atoms with Crippen molar-refractivity contribution in [3.8, 4) is 0 Å². The van der Waals surface area contributed by atoms with Gasteiger partial charge in [0.2, 0.25) is 6.43 Å². The molecule has 1 N–H and O–H groups in total. The highest BCUT2D eigenvalue weighted by atomic mass is 19.3. The Hall–Kier alpha value is -4.17. The Kier molecular flexibility index (Phi) is 65.7. The summed E-state index contributed by atoms with van der Waals surface area (Å²) in [5, 5.41) is 7.88. The van der Waals surface area contributed by atoms with Crippen molar-refractivity contribution in [2.24, 2.45) is 11.8 Å². The topological polar surface area (TPSA) is 202 Å². The first-order valence-corrected chi connectivity index (χ1v) is 14.1. The van der Waals surface area contributed by atoms with E-state index in [4.69, 9.17) is 38.6 Å². The van der Waals surface area contributed by atoms with Gasteiger partial charge >= 0.3 is 36.4 Å². The quantitative estimate of drug-likeness (QED) is 0.108. The van der Waals surface area contributed by atoms with Crippen LogP contribution in [0.2, 0.25) is 0 Å². The van der Waals surface area contributed by atoms with E-state index in [1.807, 2.05) is 13.8 Å². The van der Waals surface area contributed by atoms with Crippen LogP contribution in [0.3, 0.4) is 0 Å². The van der Waals surface area contributed by atoms with Crippen LogP contribution in [0.4, 0.5) is 26.3 Å². The maximum absolute atomic E-state index is 12.3. The first kappa shape index (κ1) is 63.5. The average Bonchev–Trinajstić information content (AvgIpc) is 2.99. The third kappa shape index (κ3) is 59.7. The van der Waals surface area contributed by atoms with E-state index in [2.05, 4.69) is 9.47 Å². The standard InChI is InChI=1S/C9H16F2O2.C8H12F2O2.C6H12O2.C3H6F2O.3CO2.CH4/c1-4-7(6(3)8(10)11)9(12)13-5-2;1-3-6(5-7(9)10)8(11)12-4-2;1-3-5-6(7)8-4-2;1-2(6)3(4)5;3*2-1-3;/h6-8H,4-5H2,1-3H3;5,7H,3-4H2,1-2H3;3-5H2,1-2H3;2-3,6H,1H3;;;;1H4/b;6-5-;;;;;;. The van der Waals surface area contributed by atoms with E-state index < -0.39 is 49.2 Å². The predicted octanol–water partition coefficient (Wildman–Crippen LogP) is 5.50. The van der Waals surface area contributed by atoms with Gasteiger partial charge in [-0.05, 0) is 53.0 Å². The molecule has 3 unspecified atom stereocenters. The van der Waals surface area contributed by atoms with E-state index >= 15 is 0 Å². The minimum absolute atomic E-state index is 0. The van der Waals surface area contributed by atoms with Gasteiger partial charge in [-0.15, -0.1) is 0 Å². The molecule has 0 saturated carbocycles. The number of hydrogen-bond acceptors (Lipinski definition) is 13. The number of hydrogen-bond donors (Lipinski definition) is 1. The normalized spacial score (nSPS) is 10.9. The van der Waals surface area contributed by atoms with Crippen LogP contribution in [0, 0.1) is 11.8 Å². The summed E-state index contributed by atoms with van der Waals surface area (Å²) in [6.45, 7) is 13.8. The van der Waals surface area contributed by atoms with Crippen LogP contribution in [0.15, 0.2) is 11.6 Å². The Morgan fingerprint density at radius 2 is 1.06 bits per heavy atom. The minimum atomic E-state index is -2.59. The molecular weight excluding hydrogens is 682 g/mol. The number of ether oxygens (including phenoxy) is 3. The largest absolute Gasteiger partial charge is 0.466 e. The van der Waals surface area contributed by atoms with Gasteiger partial charge in [0.1, 0.15) is 6.10 Å². The lowest BCUT2D eigenvalue weighted by Crippen LogP contribution is -2.27. The molecule has 0 heterocycles. The Morgan fingerprint density at radius 1 is 0.694 bits per heavy atom. The van der Waals surface area contributed by atoms with Crippen molar-refractivity contribution in [2.45, 2.75) is 114 Å². The molecule has 0 aliphatic rings. The lowest BCUT2D eigenvalue weighted by molar-refractivity contribution is -0.193. The summed E-state index contributed by atoms with van der Waals surface area (Å²) >= 11 is 0. The van der Waals surface area contributed by atoms with Crippen LogP contribution < -0.4 is 0 Å². The zero-order chi connectivity index (χ0) is 39.7. The van der Waals surface area contributed by atoms with Crippen LogP contribution in [0.5, 0.6) is 0 Å². The van der Waals surface area contributed by atoms with Crippen molar-refractivity contribution in [3.63, 3.8) is 0 Å². The fourth-order valence-corrected chi connectivity index (χ4v) is 2.32. The van der Waals surface area contributed by atoms with Gasteiger partial charge in [-0.25, -0.2) is 31.1 Å². The molecular formula is C30H50F6O13. The molecule has 0 radical (unpaired) electrons. The summed E-state index contributed by atoms with van der Waals surface area (Å²) in [4.78, 5) is 81.2. The second kappa shape index (κ2) is 50.7. The Bertz CT molecular complexity index is 854. The first-order chi connectivity index (χ1) is 22.3. The van der Waals surface area contributed by atoms with Crippen LogP contribution in [0.1, 0.15) is 88.5 Å². The van der Waals surface area contributed by atoms with E-state index in [9.17, 15) is 40.7 Å². The third-order valence-electron chi connectivity index (χ3n) is 4.43. The zero-order valence-electron chi connectivity index (χ0n) is 28.1. The summed E-state index contributed by atoms with van der Waals surface area (Å²) in [6.07, 6.45) is -5.67. The molecule has 290 valence electrons. The van der Waals surface area contributed by atoms with E-state index in [0.717, 1.165) is 13.3 Å². The highest BCUT2D eigenvalue weighted by Gasteiger charge is 2.30. The summed E-state index contributed by atoms with van der Waals surface area (Å²) in [5.74, 6) is -2.86. The Balaban J connectivity index is -0.0000000716. The molecule has 0 spiro atoms. The van der Waals surface area contributed by atoms with Crippen LogP contribution in [0.25, 0.3) is 0 Å². The van der Waals surface area contributed by atoms with E-state index in [1.54, 1.807) is 27.7 Å². The number of rotatable bonds is 13. The van der Waals surface area contributed by atoms with Crippen LogP contribution in [-0.4, -0.2) is 86.7 Å².